The molecule has 18 heavy (non-hydrogen) atoms. The molecule has 1 amide bonds. The smallest absolute Gasteiger partial charge is 0.238 e. The molecule has 0 bridgehead atoms. The maximum absolute atomic E-state index is 12.1. The summed E-state index contributed by atoms with van der Waals surface area (Å²) in [4.78, 5) is 13.5. The molecule has 0 spiro atoms. The van der Waals surface area contributed by atoms with E-state index in [-0.39, 0.29) is 10.8 Å². The Bertz CT molecular complexity index is 524. The van der Waals surface area contributed by atoms with E-state index in [1.807, 2.05) is 13.8 Å². The summed E-state index contributed by atoms with van der Waals surface area (Å²) in [6.07, 6.45) is 0. The molecule has 0 unspecified atom stereocenters. The molecule has 4 nitrogen and oxygen atoms in total. The van der Waals surface area contributed by atoms with E-state index < -0.39 is 15.6 Å². The average molecular weight is 334 g/mol. The second-order valence-corrected chi connectivity index (χ2v) is 6.69. The fourth-order valence-electron chi connectivity index (χ4n) is 1.57. The van der Waals surface area contributed by atoms with E-state index in [1.165, 1.54) is 17.0 Å². The number of hydrogen-bond acceptors (Lipinski definition) is 3. The molecule has 0 aromatic heterocycles. The third-order valence-corrected chi connectivity index (χ3v) is 4.68. The quantitative estimate of drug-likeness (QED) is 0.829. The first-order valence-electron chi connectivity index (χ1n) is 5.66. The number of benzene rings is 1. The van der Waals surface area contributed by atoms with E-state index in [0.717, 1.165) is 0 Å². The molecule has 6 heteroatoms. The Morgan fingerprint density at radius 3 is 2.39 bits per heavy atom. The third-order valence-electron chi connectivity index (χ3n) is 2.58. The molecule has 0 N–H and O–H groups in total. The highest BCUT2D eigenvalue weighted by Crippen LogP contribution is 2.17. The van der Waals surface area contributed by atoms with Crippen molar-refractivity contribution < 1.29 is 13.2 Å². The van der Waals surface area contributed by atoms with E-state index in [2.05, 4.69) is 15.9 Å². The minimum absolute atomic E-state index is 0.164. The first-order chi connectivity index (χ1) is 8.40. The van der Waals surface area contributed by atoms with Crippen LogP contribution in [0.15, 0.2) is 33.6 Å². The third kappa shape index (κ3) is 3.81. The van der Waals surface area contributed by atoms with Crippen molar-refractivity contribution in [2.45, 2.75) is 18.7 Å². The van der Waals surface area contributed by atoms with E-state index in [0.29, 0.717) is 17.6 Å². The van der Waals surface area contributed by atoms with Gasteiger partial charge in [-0.15, -0.1) is 0 Å². The lowest BCUT2D eigenvalue weighted by Crippen LogP contribution is -2.35. The van der Waals surface area contributed by atoms with Gasteiger partial charge in [-0.2, -0.15) is 0 Å². The van der Waals surface area contributed by atoms with Crippen LogP contribution in [0.25, 0.3) is 0 Å². The summed E-state index contributed by atoms with van der Waals surface area (Å²) in [5.74, 6) is -0.842. The van der Waals surface area contributed by atoms with Crippen molar-refractivity contribution in [2.75, 3.05) is 18.8 Å². The standard InChI is InChI=1S/C12H16BrNO3S/c1-3-14(4-2)12(15)9-18(16,17)11-7-5-6-10(13)8-11/h5-8H,3-4,9H2,1-2H3. The number of rotatable bonds is 5. The number of hydrogen-bond donors (Lipinski definition) is 0. The highest BCUT2D eigenvalue weighted by molar-refractivity contribution is 9.10. The van der Waals surface area contributed by atoms with Crippen LogP contribution in [-0.4, -0.2) is 38.1 Å². The van der Waals surface area contributed by atoms with Crippen molar-refractivity contribution in [3.05, 3.63) is 28.7 Å². The van der Waals surface area contributed by atoms with E-state index in [9.17, 15) is 13.2 Å². The lowest BCUT2D eigenvalue weighted by atomic mass is 10.4. The summed E-state index contributed by atoms with van der Waals surface area (Å²) in [5, 5.41) is 0. The Kier molecular flexibility index (Phi) is 5.34. The molecule has 0 aliphatic carbocycles. The van der Waals surface area contributed by atoms with Gasteiger partial charge < -0.3 is 4.90 Å². The van der Waals surface area contributed by atoms with Crippen LogP contribution in [-0.2, 0) is 14.6 Å². The summed E-state index contributed by atoms with van der Waals surface area (Å²) in [5.41, 5.74) is 0. The van der Waals surface area contributed by atoms with Gasteiger partial charge in [0.2, 0.25) is 5.91 Å². The van der Waals surface area contributed by atoms with E-state index >= 15 is 0 Å². The van der Waals surface area contributed by atoms with E-state index in [1.54, 1.807) is 12.1 Å². The number of carbonyl (C=O) groups excluding carboxylic acids is 1. The van der Waals surface area contributed by atoms with Crippen molar-refractivity contribution >= 4 is 31.7 Å². The molecular weight excluding hydrogens is 318 g/mol. The maximum Gasteiger partial charge on any atom is 0.238 e. The Hall–Kier alpha value is -0.880. The van der Waals surface area contributed by atoms with Gasteiger partial charge in [0.25, 0.3) is 0 Å². The molecule has 0 radical (unpaired) electrons. The molecule has 0 fully saturated rings. The van der Waals surface area contributed by atoms with Crippen molar-refractivity contribution in [3.8, 4) is 0 Å². The average Bonchev–Trinajstić information content (AvgIpc) is 2.30. The molecular formula is C12H16BrNO3S. The minimum Gasteiger partial charge on any atom is -0.342 e. The van der Waals surface area contributed by atoms with Gasteiger partial charge in [0.1, 0.15) is 5.75 Å². The molecule has 0 atom stereocenters. The second kappa shape index (κ2) is 6.33. The van der Waals surface area contributed by atoms with Gasteiger partial charge >= 0.3 is 0 Å². The SMILES string of the molecule is CCN(CC)C(=O)CS(=O)(=O)c1cccc(Br)c1. The number of nitrogens with zero attached hydrogens (tertiary/aromatic N) is 1. The second-order valence-electron chi connectivity index (χ2n) is 3.78. The Morgan fingerprint density at radius 1 is 1.28 bits per heavy atom. The van der Waals surface area contributed by atoms with Gasteiger partial charge in [-0.05, 0) is 32.0 Å². The van der Waals surface area contributed by atoms with Crippen LogP contribution in [0.1, 0.15) is 13.8 Å². The summed E-state index contributed by atoms with van der Waals surface area (Å²) in [6, 6.07) is 6.38. The summed E-state index contributed by atoms with van der Waals surface area (Å²) in [6.45, 7) is 4.69. The molecule has 0 aliphatic heterocycles. The van der Waals surface area contributed by atoms with Crippen molar-refractivity contribution in [2.24, 2.45) is 0 Å². The normalized spacial score (nSPS) is 11.3. The number of amides is 1. The topological polar surface area (TPSA) is 54.5 Å². The van der Waals surface area contributed by atoms with Crippen LogP contribution < -0.4 is 0 Å². The molecule has 0 heterocycles. The van der Waals surface area contributed by atoms with Gasteiger partial charge in [-0.25, -0.2) is 8.42 Å². The maximum atomic E-state index is 12.1. The number of halogens is 1. The van der Waals surface area contributed by atoms with Crippen LogP contribution in [0, 0.1) is 0 Å². The van der Waals surface area contributed by atoms with Crippen LogP contribution >= 0.6 is 15.9 Å². The van der Waals surface area contributed by atoms with Crippen molar-refractivity contribution in [1.82, 2.24) is 4.90 Å². The Balaban J connectivity index is 2.92. The minimum atomic E-state index is -3.57. The van der Waals surface area contributed by atoms with Gasteiger partial charge in [0.15, 0.2) is 9.84 Å². The molecule has 1 aromatic carbocycles. The van der Waals surface area contributed by atoms with Crippen LogP contribution in [0.2, 0.25) is 0 Å². The number of carbonyl (C=O) groups is 1. The molecule has 0 aliphatic rings. The van der Waals surface area contributed by atoms with Gasteiger partial charge in [0.05, 0.1) is 4.90 Å². The molecule has 1 rings (SSSR count). The monoisotopic (exact) mass is 333 g/mol. The lowest BCUT2D eigenvalue weighted by Gasteiger charge is -2.18. The summed E-state index contributed by atoms with van der Waals surface area (Å²) in [7, 11) is -3.57. The van der Waals surface area contributed by atoms with Crippen LogP contribution in [0.4, 0.5) is 0 Å². The first kappa shape index (κ1) is 15.2. The van der Waals surface area contributed by atoms with E-state index in [4.69, 9.17) is 0 Å². The predicted molar refractivity (Wildman–Crippen MR) is 74.1 cm³/mol. The molecule has 1 aromatic rings. The van der Waals surface area contributed by atoms with Gasteiger partial charge in [-0.1, -0.05) is 22.0 Å². The van der Waals surface area contributed by atoms with Crippen molar-refractivity contribution in [1.29, 1.82) is 0 Å². The first-order valence-corrected chi connectivity index (χ1v) is 8.11. The summed E-state index contributed by atoms with van der Waals surface area (Å²) >= 11 is 3.22. The van der Waals surface area contributed by atoms with Crippen LogP contribution in [0.3, 0.4) is 0 Å². The number of sulfone groups is 1. The predicted octanol–water partition coefficient (Wildman–Crippen LogP) is 2.09. The largest absolute Gasteiger partial charge is 0.342 e. The van der Waals surface area contributed by atoms with Crippen LogP contribution in [0.5, 0.6) is 0 Å². The molecule has 0 saturated heterocycles. The zero-order valence-electron chi connectivity index (χ0n) is 10.4. The lowest BCUT2D eigenvalue weighted by molar-refractivity contribution is -0.128. The fourth-order valence-corrected chi connectivity index (χ4v) is 3.39. The highest BCUT2D eigenvalue weighted by Gasteiger charge is 2.22. The molecule has 0 saturated carbocycles. The van der Waals surface area contributed by atoms with Crippen molar-refractivity contribution in [3.63, 3.8) is 0 Å². The Morgan fingerprint density at radius 2 is 1.89 bits per heavy atom. The van der Waals surface area contributed by atoms with Gasteiger partial charge in [0, 0.05) is 17.6 Å². The van der Waals surface area contributed by atoms with Gasteiger partial charge in [-0.3, -0.25) is 4.79 Å². The zero-order valence-corrected chi connectivity index (χ0v) is 12.8. The highest BCUT2D eigenvalue weighted by atomic mass is 79.9. The summed E-state index contributed by atoms with van der Waals surface area (Å²) < 4.78 is 24.8. The Labute approximate surface area is 116 Å². The molecule has 100 valence electrons. The zero-order chi connectivity index (χ0) is 13.8. The fraction of sp³-hybridized carbons (Fsp3) is 0.417.